The van der Waals surface area contributed by atoms with Crippen LogP contribution in [-0.4, -0.2) is 6.67 Å². The fourth-order valence-electron chi connectivity index (χ4n) is 3.14. The van der Waals surface area contributed by atoms with Crippen molar-refractivity contribution in [3.63, 3.8) is 0 Å². The van der Waals surface area contributed by atoms with Gasteiger partial charge in [-0.25, -0.2) is 0 Å². The molecule has 0 saturated heterocycles. The molecule has 0 heterocycles. The van der Waals surface area contributed by atoms with Crippen LogP contribution in [0.4, 0.5) is 4.39 Å². The Labute approximate surface area is 127 Å². The Morgan fingerprint density at radius 2 is 1.86 bits per heavy atom. The molecule has 0 unspecified atom stereocenters. The van der Waals surface area contributed by atoms with Gasteiger partial charge in [-0.1, -0.05) is 24.3 Å². The summed E-state index contributed by atoms with van der Waals surface area (Å²) in [6.45, 7) is -0.240. The fraction of sp³-hybridized carbons (Fsp3) is 0.526. The third kappa shape index (κ3) is 5.34. The van der Waals surface area contributed by atoms with E-state index in [1.807, 2.05) is 18.2 Å². The molecule has 1 saturated carbocycles. The third-order valence-electron chi connectivity index (χ3n) is 4.50. The zero-order valence-corrected chi connectivity index (χ0v) is 12.6. The number of nitriles is 1. The van der Waals surface area contributed by atoms with Crippen LogP contribution in [0.2, 0.25) is 0 Å². The Hall–Kier alpha value is -1.62. The Balaban J connectivity index is 1.70. The SMILES string of the molecule is N#Cc1ccc(CC[C@H]2CC[C@H](C=CCCF)CC2)cc1. The molecule has 0 atom stereocenters. The highest BCUT2D eigenvalue weighted by atomic mass is 19.1. The standard InChI is InChI=1S/C19H24FN/c20-14-2-1-3-16-4-6-17(7-5-16)8-9-18-10-12-19(15-21)13-11-18/h1,3,10-13,16-17H,2,4-9,14H2/t16-,17-. The van der Waals surface area contributed by atoms with Crippen molar-refractivity contribution in [2.24, 2.45) is 11.8 Å². The number of nitrogens with zero attached hydrogens (tertiary/aromatic N) is 1. The molecule has 21 heavy (non-hydrogen) atoms. The summed E-state index contributed by atoms with van der Waals surface area (Å²) < 4.78 is 12.0. The zero-order chi connectivity index (χ0) is 14.9. The Kier molecular flexibility index (Phi) is 6.47. The van der Waals surface area contributed by atoms with E-state index in [-0.39, 0.29) is 6.67 Å². The van der Waals surface area contributed by atoms with Gasteiger partial charge in [0.15, 0.2) is 0 Å². The molecule has 2 heteroatoms. The molecule has 0 spiro atoms. The second kappa shape index (κ2) is 8.62. The number of allylic oxidation sites excluding steroid dienone is 2. The number of alkyl halides is 1. The number of halogens is 1. The van der Waals surface area contributed by atoms with Crippen molar-refractivity contribution in [2.75, 3.05) is 6.67 Å². The van der Waals surface area contributed by atoms with Crippen LogP contribution in [0.1, 0.15) is 49.7 Å². The van der Waals surface area contributed by atoms with E-state index in [1.54, 1.807) is 0 Å². The van der Waals surface area contributed by atoms with Gasteiger partial charge in [0, 0.05) is 0 Å². The first-order valence-corrected chi connectivity index (χ1v) is 8.03. The number of aryl methyl sites for hydroxylation is 1. The van der Waals surface area contributed by atoms with Gasteiger partial charge in [0.1, 0.15) is 0 Å². The Morgan fingerprint density at radius 1 is 1.14 bits per heavy atom. The van der Waals surface area contributed by atoms with Gasteiger partial charge in [-0.3, -0.25) is 4.39 Å². The highest BCUT2D eigenvalue weighted by Gasteiger charge is 2.19. The van der Waals surface area contributed by atoms with E-state index in [0.717, 1.165) is 17.9 Å². The third-order valence-corrected chi connectivity index (χ3v) is 4.50. The van der Waals surface area contributed by atoms with Crippen LogP contribution in [0.15, 0.2) is 36.4 Å². The Bertz CT molecular complexity index is 475. The summed E-state index contributed by atoms with van der Waals surface area (Å²) in [5.41, 5.74) is 2.07. The highest BCUT2D eigenvalue weighted by molar-refractivity contribution is 5.31. The first kappa shape index (κ1) is 15.8. The maximum Gasteiger partial charge on any atom is 0.0991 e. The second-order valence-corrected chi connectivity index (χ2v) is 6.03. The van der Waals surface area contributed by atoms with Crippen LogP contribution in [-0.2, 0) is 6.42 Å². The van der Waals surface area contributed by atoms with E-state index in [0.29, 0.717) is 12.3 Å². The fourth-order valence-corrected chi connectivity index (χ4v) is 3.14. The van der Waals surface area contributed by atoms with E-state index in [2.05, 4.69) is 24.3 Å². The molecule has 0 aromatic heterocycles. The van der Waals surface area contributed by atoms with Gasteiger partial charge in [0.25, 0.3) is 0 Å². The number of hydrogen-bond donors (Lipinski definition) is 0. The lowest BCUT2D eigenvalue weighted by molar-refractivity contribution is 0.296. The lowest BCUT2D eigenvalue weighted by Crippen LogP contribution is -2.13. The molecule has 112 valence electrons. The van der Waals surface area contributed by atoms with E-state index in [9.17, 15) is 4.39 Å². The molecular weight excluding hydrogens is 261 g/mol. The summed E-state index contributed by atoms with van der Waals surface area (Å²) in [6, 6.07) is 10.1. The largest absolute Gasteiger partial charge is 0.251 e. The van der Waals surface area contributed by atoms with Crippen LogP contribution in [0.25, 0.3) is 0 Å². The average molecular weight is 285 g/mol. The van der Waals surface area contributed by atoms with Crippen molar-refractivity contribution in [1.29, 1.82) is 5.26 Å². The van der Waals surface area contributed by atoms with Gasteiger partial charge in [0.05, 0.1) is 18.3 Å². The molecule has 2 rings (SSSR count). The van der Waals surface area contributed by atoms with Crippen molar-refractivity contribution in [1.82, 2.24) is 0 Å². The van der Waals surface area contributed by atoms with E-state index < -0.39 is 0 Å². The van der Waals surface area contributed by atoms with Crippen LogP contribution in [0.3, 0.4) is 0 Å². The minimum absolute atomic E-state index is 0.240. The van der Waals surface area contributed by atoms with Gasteiger partial charge in [0.2, 0.25) is 0 Å². The minimum Gasteiger partial charge on any atom is -0.251 e. The van der Waals surface area contributed by atoms with Crippen molar-refractivity contribution < 1.29 is 4.39 Å². The summed E-state index contributed by atoms with van der Waals surface area (Å²) in [4.78, 5) is 0. The monoisotopic (exact) mass is 285 g/mol. The van der Waals surface area contributed by atoms with Gasteiger partial charge < -0.3 is 0 Å². The van der Waals surface area contributed by atoms with Crippen molar-refractivity contribution >= 4 is 0 Å². The highest BCUT2D eigenvalue weighted by Crippen LogP contribution is 2.32. The second-order valence-electron chi connectivity index (χ2n) is 6.03. The Morgan fingerprint density at radius 3 is 2.48 bits per heavy atom. The summed E-state index contributed by atoms with van der Waals surface area (Å²) in [5, 5.41) is 8.79. The van der Waals surface area contributed by atoms with Crippen LogP contribution < -0.4 is 0 Å². The quantitative estimate of drug-likeness (QED) is 0.658. The predicted octanol–water partition coefficient (Wildman–Crippen LogP) is 5.21. The molecule has 1 aliphatic carbocycles. The lowest BCUT2D eigenvalue weighted by atomic mass is 9.79. The van der Waals surface area contributed by atoms with Crippen molar-refractivity contribution in [3.05, 3.63) is 47.5 Å². The molecule has 0 bridgehead atoms. The first-order valence-electron chi connectivity index (χ1n) is 8.03. The van der Waals surface area contributed by atoms with Gasteiger partial charge >= 0.3 is 0 Å². The van der Waals surface area contributed by atoms with Crippen molar-refractivity contribution in [2.45, 2.75) is 44.9 Å². The first-order chi connectivity index (χ1) is 10.3. The number of hydrogen-bond acceptors (Lipinski definition) is 1. The number of rotatable bonds is 6. The molecule has 1 aromatic carbocycles. The average Bonchev–Trinajstić information content (AvgIpc) is 2.55. The maximum atomic E-state index is 12.0. The minimum atomic E-state index is -0.240. The molecule has 1 aromatic rings. The number of benzene rings is 1. The molecular formula is C19H24FN. The molecule has 0 amide bonds. The molecule has 1 aliphatic rings. The van der Waals surface area contributed by atoms with Crippen LogP contribution in [0.5, 0.6) is 0 Å². The summed E-state index contributed by atoms with van der Waals surface area (Å²) in [5.74, 6) is 1.49. The van der Waals surface area contributed by atoms with Crippen molar-refractivity contribution in [3.8, 4) is 6.07 Å². The lowest BCUT2D eigenvalue weighted by Gasteiger charge is -2.26. The van der Waals surface area contributed by atoms with Crippen LogP contribution in [0, 0.1) is 23.2 Å². The topological polar surface area (TPSA) is 23.8 Å². The zero-order valence-electron chi connectivity index (χ0n) is 12.6. The normalized spacial score (nSPS) is 22.3. The summed E-state index contributed by atoms with van der Waals surface area (Å²) >= 11 is 0. The van der Waals surface area contributed by atoms with Gasteiger partial charge in [-0.15, -0.1) is 0 Å². The maximum absolute atomic E-state index is 12.0. The smallest absolute Gasteiger partial charge is 0.0991 e. The van der Waals surface area contributed by atoms with Gasteiger partial charge in [-0.2, -0.15) is 5.26 Å². The molecule has 1 fully saturated rings. The van der Waals surface area contributed by atoms with Gasteiger partial charge in [-0.05, 0) is 74.5 Å². The predicted molar refractivity (Wildman–Crippen MR) is 84.7 cm³/mol. The van der Waals surface area contributed by atoms with E-state index >= 15 is 0 Å². The molecule has 0 N–H and O–H groups in total. The molecule has 0 aliphatic heterocycles. The van der Waals surface area contributed by atoms with E-state index in [4.69, 9.17) is 5.26 Å². The molecule has 0 radical (unpaired) electrons. The van der Waals surface area contributed by atoms with E-state index in [1.165, 1.54) is 37.7 Å². The summed E-state index contributed by atoms with van der Waals surface area (Å²) in [7, 11) is 0. The van der Waals surface area contributed by atoms with Crippen LogP contribution >= 0.6 is 0 Å². The molecule has 1 nitrogen and oxygen atoms in total. The summed E-state index contributed by atoms with van der Waals surface area (Å²) in [6.07, 6.45) is 12.2.